The Kier molecular flexibility index (Phi) is 3.38. The average molecular weight is 308 g/mol. The first-order valence-corrected chi connectivity index (χ1v) is 7.62. The van der Waals surface area contributed by atoms with Gasteiger partial charge in [0.05, 0.1) is 17.9 Å². The summed E-state index contributed by atoms with van der Waals surface area (Å²) in [7, 11) is 0. The molecule has 3 heterocycles. The average Bonchev–Trinajstić information content (AvgIpc) is 3.18. The summed E-state index contributed by atoms with van der Waals surface area (Å²) in [4.78, 5) is 16.7. The minimum absolute atomic E-state index is 0.257. The number of rotatable bonds is 4. The lowest BCUT2D eigenvalue weighted by Gasteiger charge is -2.25. The van der Waals surface area contributed by atoms with Crippen LogP contribution in [0.25, 0.3) is 5.82 Å². The van der Waals surface area contributed by atoms with Crippen molar-refractivity contribution in [3.8, 4) is 5.82 Å². The van der Waals surface area contributed by atoms with Gasteiger partial charge in [-0.1, -0.05) is 6.07 Å². The quantitative estimate of drug-likeness (QED) is 0.803. The predicted octanol–water partition coefficient (Wildman–Crippen LogP) is 2.44. The molecule has 7 heteroatoms. The maximum absolute atomic E-state index is 12.4. The highest BCUT2D eigenvalue weighted by Gasteiger charge is 2.20. The summed E-state index contributed by atoms with van der Waals surface area (Å²) in [6.45, 7) is 0. The molecular formula is C16H16N6O. The molecule has 1 amide bonds. The summed E-state index contributed by atoms with van der Waals surface area (Å²) in [6, 6.07) is 7.55. The summed E-state index contributed by atoms with van der Waals surface area (Å²) < 4.78 is 3.54. The van der Waals surface area contributed by atoms with Crippen LogP contribution in [-0.4, -0.2) is 30.5 Å². The van der Waals surface area contributed by atoms with Gasteiger partial charge in [0.15, 0.2) is 5.82 Å². The van der Waals surface area contributed by atoms with Crippen LogP contribution < -0.4 is 5.32 Å². The highest BCUT2D eigenvalue weighted by atomic mass is 16.1. The Bertz CT molecular complexity index is 819. The lowest BCUT2D eigenvalue weighted by Crippen LogP contribution is -2.17. The van der Waals surface area contributed by atoms with Gasteiger partial charge in [-0.3, -0.25) is 9.48 Å². The van der Waals surface area contributed by atoms with Crippen molar-refractivity contribution in [2.24, 2.45) is 0 Å². The van der Waals surface area contributed by atoms with Crippen LogP contribution in [0.3, 0.4) is 0 Å². The largest absolute Gasteiger partial charge is 0.318 e. The third kappa shape index (κ3) is 2.73. The predicted molar refractivity (Wildman–Crippen MR) is 84.4 cm³/mol. The molecule has 0 saturated heterocycles. The van der Waals surface area contributed by atoms with Gasteiger partial charge in [-0.2, -0.15) is 10.2 Å². The second-order valence-corrected chi connectivity index (χ2v) is 5.58. The van der Waals surface area contributed by atoms with E-state index in [1.165, 1.54) is 6.42 Å². The number of nitrogens with zero attached hydrogens (tertiary/aromatic N) is 5. The summed E-state index contributed by atoms with van der Waals surface area (Å²) in [5.41, 5.74) is 1.03. The van der Waals surface area contributed by atoms with Crippen LogP contribution in [-0.2, 0) is 0 Å². The van der Waals surface area contributed by atoms with E-state index in [0.717, 1.165) is 12.8 Å². The van der Waals surface area contributed by atoms with Crippen molar-refractivity contribution in [3.63, 3.8) is 0 Å². The van der Waals surface area contributed by atoms with Gasteiger partial charge in [-0.25, -0.2) is 9.67 Å². The molecule has 3 aromatic heterocycles. The SMILES string of the molecule is O=C(Nc1cnn(C2CCC2)c1)c1cccc(-n2cccn2)n1. The van der Waals surface area contributed by atoms with E-state index in [9.17, 15) is 4.79 Å². The minimum Gasteiger partial charge on any atom is -0.318 e. The van der Waals surface area contributed by atoms with Crippen molar-refractivity contribution < 1.29 is 4.79 Å². The van der Waals surface area contributed by atoms with Gasteiger partial charge in [0.2, 0.25) is 0 Å². The fourth-order valence-electron chi connectivity index (χ4n) is 2.53. The smallest absolute Gasteiger partial charge is 0.274 e. The van der Waals surface area contributed by atoms with Gasteiger partial charge >= 0.3 is 0 Å². The normalized spacial score (nSPS) is 14.4. The number of hydrogen-bond donors (Lipinski definition) is 1. The topological polar surface area (TPSA) is 77.6 Å². The second kappa shape index (κ2) is 5.68. The van der Waals surface area contributed by atoms with E-state index in [4.69, 9.17) is 0 Å². The van der Waals surface area contributed by atoms with Crippen LogP contribution in [0, 0.1) is 0 Å². The monoisotopic (exact) mass is 308 g/mol. The van der Waals surface area contributed by atoms with Crippen LogP contribution in [0.4, 0.5) is 5.69 Å². The molecular weight excluding hydrogens is 292 g/mol. The maximum atomic E-state index is 12.4. The Labute approximate surface area is 133 Å². The van der Waals surface area contributed by atoms with E-state index in [0.29, 0.717) is 23.2 Å². The molecule has 0 spiro atoms. The molecule has 23 heavy (non-hydrogen) atoms. The fourth-order valence-corrected chi connectivity index (χ4v) is 2.53. The summed E-state index contributed by atoms with van der Waals surface area (Å²) in [6.07, 6.45) is 10.6. The fraction of sp³-hybridized carbons (Fsp3) is 0.250. The first kappa shape index (κ1) is 13.7. The molecule has 0 bridgehead atoms. The Balaban J connectivity index is 1.50. The molecule has 7 nitrogen and oxygen atoms in total. The number of nitrogens with one attached hydrogen (secondary N) is 1. The molecule has 1 fully saturated rings. The zero-order valence-corrected chi connectivity index (χ0v) is 12.5. The van der Waals surface area contributed by atoms with Gasteiger partial charge in [0.25, 0.3) is 5.91 Å². The van der Waals surface area contributed by atoms with E-state index in [1.54, 1.807) is 41.5 Å². The van der Waals surface area contributed by atoms with E-state index in [-0.39, 0.29) is 5.91 Å². The Hall–Kier alpha value is -2.96. The van der Waals surface area contributed by atoms with Crippen molar-refractivity contribution in [2.45, 2.75) is 25.3 Å². The molecule has 116 valence electrons. The zero-order chi connectivity index (χ0) is 15.6. The van der Waals surface area contributed by atoms with E-state index < -0.39 is 0 Å². The first-order chi connectivity index (χ1) is 11.3. The van der Waals surface area contributed by atoms with Gasteiger partial charge in [-0.15, -0.1) is 0 Å². The molecule has 0 atom stereocenters. The highest BCUT2D eigenvalue weighted by Crippen LogP contribution is 2.31. The van der Waals surface area contributed by atoms with Gasteiger partial charge in [-0.05, 0) is 37.5 Å². The van der Waals surface area contributed by atoms with Gasteiger partial charge in [0, 0.05) is 18.6 Å². The van der Waals surface area contributed by atoms with E-state index >= 15 is 0 Å². The third-order valence-electron chi connectivity index (χ3n) is 4.01. The standard InChI is InChI=1S/C16H16N6O/c23-16(19-12-10-18-22(11-12)13-4-1-5-13)14-6-2-7-15(20-14)21-9-3-8-17-21/h2-3,6-11,13H,1,4-5H2,(H,19,23). The molecule has 0 unspecified atom stereocenters. The molecule has 0 aliphatic heterocycles. The van der Waals surface area contributed by atoms with Crippen LogP contribution in [0.2, 0.25) is 0 Å². The van der Waals surface area contributed by atoms with E-state index in [1.807, 2.05) is 16.9 Å². The molecule has 1 aliphatic carbocycles. The number of anilines is 1. The number of amides is 1. The molecule has 1 aliphatic rings. The summed E-state index contributed by atoms with van der Waals surface area (Å²) >= 11 is 0. The molecule has 1 saturated carbocycles. The minimum atomic E-state index is -0.257. The number of carbonyl (C=O) groups excluding carboxylic acids is 1. The molecule has 1 N–H and O–H groups in total. The van der Waals surface area contributed by atoms with Crippen molar-refractivity contribution in [1.82, 2.24) is 24.5 Å². The van der Waals surface area contributed by atoms with Crippen LogP contribution in [0.1, 0.15) is 35.8 Å². The van der Waals surface area contributed by atoms with Crippen molar-refractivity contribution >= 4 is 11.6 Å². The Morgan fingerprint density at radius 1 is 1.22 bits per heavy atom. The van der Waals surface area contributed by atoms with Gasteiger partial charge in [0.1, 0.15) is 5.69 Å². The Morgan fingerprint density at radius 2 is 2.13 bits per heavy atom. The molecule has 0 radical (unpaired) electrons. The lowest BCUT2D eigenvalue weighted by atomic mass is 9.93. The Morgan fingerprint density at radius 3 is 2.87 bits per heavy atom. The molecule has 3 aromatic rings. The van der Waals surface area contributed by atoms with Crippen molar-refractivity contribution in [1.29, 1.82) is 0 Å². The van der Waals surface area contributed by atoms with Crippen LogP contribution in [0.5, 0.6) is 0 Å². The van der Waals surface area contributed by atoms with Gasteiger partial charge < -0.3 is 5.32 Å². The lowest BCUT2D eigenvalue weighted by molar-refractivity contribution is 0.102. The summed E-state index contributed by atoms with van der Waals surface area (Å²) in [5.74, 6) is 0.347. The van der Waals surface area contributed by atoms with Crippen LogP contribution in [0.15, 0.2) is 49.1 Å². The second-order valence-electron chi connectivity index (χ2n) is 5.58. The van der Waals surface area contributed by atoms with Crippen molar-refractivity contribution in [3.05, 3.63) is 54.7 Å². The third-order valence-corrected chi connectivity index (χ3v) is 4.01. The molecule has 0 aromatic carbocycles. The number of pyridine rings is 1. The first-order valence-electron chi connectivity index (χ1n) is 7.62. The van der Waals surface area contributed by atoms with Crippen molar-refractivity contribution in [2.75, 3.05) is 5.32 Å². The number of carbonyl (C=O) groups is 1. The zero-order valence-electron chi connectivity index (χ0n) is 12.5. The van der Waals surface area contributed by atoms with E-state index in [2.05, 4.69) is 20.5 Å². The number of aromatic nitrogens is 5. The summed E-state index contributed by atoms with van der Waals surface area (Å²) in [5, 5.41) is 11.3. The van der Waals surface area contributed by atoms with Crippen LogP contribution >= 0.6 is 0 Å². The number of hydrogen-bond acceptors (Lipinski definition) is 4. The molecule has 4 rings (SSSR count). The maximum Gasteiger partial charge on any atom is 0.274 e. The highest BCUT2D eigenvalue weighted by molar-refractivity contribution is 6.02.